The molecule has 0 bridgehead atoms. The van der Waals surface area contributed by atoms with Crippen molar-refractivity contribution in [3.8, 4) is 0 Å². The number of carbonyl (C=O) groups excluding carboxylic acids is 1. The summed E-state index contributed by atoms with van der Waals surface area (Å²) in [6, 6.07) is 3.91. The number of nitrogens with zero attached hydrogens (tertiary/aromatic N) is 6. The molecule has 1 aliphatic rings. The van der Waals surface area contributed by atoms with Crippen LogP contribution in [0.3, 0.4) is 0 Å². The number of piperazine rings is 1. The molecule has 1 fully saturated rings. The maximum atomic E-state index is 12.5. The van der Waals surface area contributed by atoms with E-state index in [4.69, 9.17) is 4.52 Å². The van der Waals surface area contributed by atoms with Crippen molar-refractivity contribution in [3.63, 3.8) is 0 Å². The van der Waals surface area contributed by atoms with Gasteiger partial charge >= 0.3 is 6.03 Å². The first-order chi connectivity index (χ1) is 13.5. The van der Waals surface area contributed by atoms with Crippen LogP contribution < -0.4 is 10.2 Å². The number of anilines is 1. The van der Waals surface area contributed by atoms with Crippen LogP contribution in [0.2, 0.25) is 0 Å². The van der Waals surface area contributed by atoms with E-state index in [0.717, 1.165) is 36.7 Å². The Kier molecular flexibility index (Phi) is 6.45. The molecule has 1 unspecified atom stereocenters. The molecule has 3 heterocycles. The fourth-order valence-electron chi connectivity index (χ4n) is 3.15. The normalized spacial score (nSPS) is 16.1. The first-order valence-electron chi connectivity index (χ1n) is 9.69. The van der Waals surface area contributed by atoms with Crippen molar-refractivity contribution in [1.82, 2.24) is 30.2 Å². The van der Waals surface area contributed by atoms with Crippen LogP contribution in [0.15, 0.2) is 22.9 Å². The fraction of sp³-hybridized carbons (Fsp3) is 0.579. The third-order valence-corrected chi connectivity index (χ3v) is 5.02. The minimum absolute atomic E-state index is 0.0402. The number of rotatable bonds is 6. The van der Waals surface area contributed by atoms with E-state index in [1.54, 1.807) is 6.20 Å². The van der Waals surface area contributed by atoms with Gasteiger partial charge in [0.1, 0.15) is 5.82 Å². The third kappa shape index (κ3) is 4.78. The lowest BCUT2D eigenvalue weighted by Crippen LogP contribution is -2.52. The van der Waals surface area contributed by atoms with E-state index in [1.165, 1.54) is 0 Å². The lowest BCUT2D eigenvalue weighted by molar-refractivity contribution is 0.0999. The summed E-state index contributed by atoms with van der Waals surface area (Å²) in [7, 11) is 3.89. The van der Waals surface area contributed by atoms with E-state index < -0.39 is 0 Å². The number of amides is 2. The number of carbonyl (C=O) groups is 1. The molecule has 0 saturated carbocycles. The van der Waals surface area contributed by atoms with E-state index in [2.05, 4.69) is 32.3 Å². The van der Waals surface area contributed by atoms with Crippen LogP contribution in [0, 0.1) is 0 Å². The monoisotopic (exact) mass is 387 g/mol. The average Bonchev–Trinajstić information content (AvgIpc) is 3.21. The standard InChI is InChI=1S/C19H29N7O2/c1-5-16-22-18(28-23-16)14(2)25-8-10-26(11-9-25)19(27)21-13-15-6-7-20-17(12-15)24(3)4/h6-7,12,14H,5,8-11,13H2,1-4H3,(H,21,27). The summed E-state index contributed by atoms with van der Waals surface area (Å²) in [5.74, 6) is 2.25. The zero-order valence-electron chi connectivity index (χ0n) is 17.1. The molecule has 1 aliphatic heterocycles. The lowest BCUT2D eigenvalue weighted by Gasteiger charge is -2.36. The van der Waals surface area contributed by atoms with E-state index >= 15 is 0 Å². The molecule has 1 saturated heterocycles. The van der Waals surface area contributed by atoms with Crippen LogP contribution in [-0.4, -0.2) is 71.2 Å². The Morgan fingerprint density at radius 1 is 1.32 bits per heavy atom. The molecule has 1 N–H and O–H groups in total. The zero-order chi connectivity index (χ0) is 20.1. The van der Waals surface area contributed by atoms with Crippen molar-refractivity contribution in [2.75, 3.05) is 45.2 Å². The molecule has 0 aliphatic carbocycles. The van der Waals surface area contributed by atoms with Gasteiger partial charge in [0.25, 0.3) is 0 Å². The van der Waals surface area contributed by atoms with E-state index in [-0.39, 0.29) is 12.1 Å². The van der Waals surface area contributed by atoms with Gasteiger partial charge in [0.05, 0.1) is 6.04 Å². The van der Waals surface area contributed by atoms with Gasteiger partial charge in [-0.3, -0.25) is 4.90 Å². The molecule has 2 aromatic rings. The first kappa shape index (κ1) is 20.1. The Morgan fingerprint density at radius 3 is 2.71 bits per heavy atom. The van der Waals surface area contributed by atoms with Crippen LogP contribution in [0.1, 0.15) is 37.2 Å². The Morgan fingerprint density at radius 2 is 2.07 bits per heavy atom. The second kappa shape index (κ2) is 9.01. The Labute approximate surface area is 165 Å². The summed E-state index contributed by atoms with van der Waals surface area (Å²) in [6.07, 6.45) is 2.52. The van der Waals surface area contributed by atoms with Gasteiger partial charge in [-0.15, -0.1) is 0 Å². The molecule has 2 aromatic heterocycles. The Balaban J connectivity index is 1.47. The highest BCUT2D eigenvalue weighted by Gasteiger charge is 2.27. The number of hydrogen-bond acceptors (Lipinski definition) is 7. The molecule has 9 heteroatoms. The largest absolute Gasteiger partial charge is 0.363 e. The van der Waals surface area contributed by atoms with Gasteiger partial charge in [0.2, 0.25) is 5.89 Å². The van der Waals surface area contributed by atoms with Crippen molar-refractivity contribution in [3.05, 3.63) is 35.6 Å². The molecular weight excluding hydrogens is 358 g/mol. The Hall–Kier alpha value is -2.68. The summed E-state index contributed by atoms with van der Waals surface area (Å²) in [5, 5.41) is 6.97. The van der Waals surface area contributed by atoms with Crippen LogP contribution >= 0.6 is 0 Å². The Bertz CT molecular complexity index is 784. The third-order valence-electron chi connectivity index (χ3n) is 5.02. The van der Waals surface area contributed by atoms with Gasteiger partial charge < -0.3 is 19.6 Å². The van der Waals surface area contributed by atoms with Gasteiger partial charge in [0, 0.05) is 59.4 Å². The zero-order valence-corrected chi connectivity index (χ0v) is 17.1. The average molecular weight is 387 g/mol. The molecule has 0 aromatic carbocycles. The van der Waals surface area contributed by atoms with Gasteiger partial charge in [-0.1, -0.05) is 12.1 Å². The fourth-order valence-corrected chi connectivity index (χ4v) is 3.15. The maximum Gasteiger partial charge on any atom is 0.317 e. The minimum atomic E-state index is -0.0402. The molecule has 0 radical (unpaired) electrons. The summed E-state index contributed by atoms with van der Waals surface area (Å²) < 4.78 is 5.35. The smallest absolute Gasteiger partial charge is 0.317 e. The molecule has 3 rings (SSSR count). The van der Waals surface area contributed by atoms with Crippen molar-refractivity contribution >= 4 is 11.8 Å². The van der Waals surface area contributed by atoms with Crippen molar-refractivity contribution in [2.24, 2.45) is 0 Å². The molecular formula is C19H29N7O2. The number of aryl methyl sites for hydroxylation is 1. The number of nitrogens with one attached hydrogen (secondary N) is 1. The van der Waals surface area contributed by atoms with Gasteiger partial charge in [-0.2, -0.15) is 4.98 Å². The molecule has 152 valence electrons. The van der Waals surface area contributed by atoms with Crippen molar-refractivity contribution < 1.29 is 9.32 Å². The quantitative estimate of drug-likeness (QED) is 0.806. The highest BCUT2D eigenvalue weighted by atomic mass is 16.5. The lowest BCUT2D eigenvalue weighted by atomic mass is 10.2. The van der Waals surface area contributed by atoms with E-state index in [0.29, 0.717) is 25.5 Å². The first-order valence-corrected chi connectivity index (χ1v) is 9.69. The van der Waals surface area contributed by atoms with E-state index in [1.807, 2.05) is 43.0 Å². The van der Waals surface area contributed by atoms with E-state index in [9.17, 15) is 4.79 Å². The molecule has 1 atom stereocenters. The van der Waals surface area contributed by atoms with Gasteiger partial charge in [-0.05, 0) is 24.6 Å². The highest BCUT2D eigenvalue weighted by molar-refractivity contribution is 5.74. The van der Waals surface area contributed by atoms with Crippen LogP contribution in [-0.2, 0) is 13.0 Å². The predicted molar refractivity (Wildman–Crippen MR) is 106 cm³/mol. The topological polar surface area (TPSA) is 90.6 Å². The van der Waals surface area contributed by atoms with Gasteiger partial charge in [-0.25, -0.2) is 9.78 Å². The number of hydrogen-bond donors (Lipinski definition) is 1. The molecule has 28 heavy (non-hydrogen) atoms. The second-order valence-corrected chi connectivity index (χ2v) is 7.18. The second-order valence-electron chi connectivity index (χ2n) is 7.18. The SMILES string of the molecule is CCc1noc(C(C)N2CCN(C(=O)NCc3ccnc(N(C)C)c3)CC2)n1. The summed E-state index contributed by atoms with van der Waals surface area (Å²) >= 11 is 0. The minimum Gasteiger partial charge on any atom is -0.363 e. The van der Waals surface area contributed by atoms with Gasteiger partial charge in [0.15, 0.2) is 5.82 Å². The summed E-state index contributed by atoms with van der Waals surface area (Å²) in [6.45, 7) is 7.45. The molecule has 9 nitrogen and oxygen atoms in total. The summed E-state index contributed by atoms with van der Waals surface area (Å²) in [4.78, 5) is 27.3. The van der Waals surface area contributed by atoms with Crippen molar-refractivity contribution in [2.45, 2.75) is 32.9 Å². The van der Waals surface area contributed by atoms with Crippen LogP contribution in [0.4, 0.5) is 10.6 Å². The predicted octanol–water partition coefficient (Wildman–Crippen LogP) is 1.68. The summed E-state index contributed by atoms with van der Waals surface area (Å²) in [5.41, 5.74) is 1.03. The van der Waals surface area contributed by atoms with Crippen LogP contribution in [0.25, 0.3) is 0 Å². The number of urea groups is 1. The van der Waals surface area contributed by atoms with Crippen LogP contribution in [0.5, 0.6) is 0 Å². The van der Waals surface area contributed by atoms with Crippen molar-refractivity contribution in [1.29, 1.82) is 0 Å². The highest BCUT2D eigenvalue weighted by Crippen LogP contribution is 2.20. The number of pyridine rings is 1. The number of aromatic nitrogens is 3. The molecule has 0 spiro atoms. The molecule has 2 amide bonds. The maximum absolute atomic E-state index is 12.5.